The summed E-state index contributed by atoms with van der Waals surface area (Å²) in [7, 11) is -3.64. The first-order valence-corrected chi connectivity index (χ1v) is 12.3. The van der Waals surface area contributed by atoms with Gasteiger partial charge < -0.3 is 9.88 Å². The third-order valence-corrected chi connectivity index (χ3v) is 7.29. The average Bonchev–Trinajstić information content (AvgIpc) is 3.14. The predicted molar refractivity (Wildman–Crippen MR) is 128 cm³/mol. The molecule has 1 heterocycles. The molecule has 0 aliphatic heterocycles. The molecule has 1 N–H and O–H groups in total. The van der Waals surface area contributed by atoms with Crippen LogP contribution in [-0.4, -0.2) is 18.9 Å². The molecule has 3 aromatic carbocycles. The van der Waals surface area contributed by atoms with E-state index in [9.17, 15) is 13.2 Å². The fraction of sp³-hybridized carbons (Fsp3) is 0.125. The zero-order valence-electron chi connectivity index (χ0n) is 17.0. The lowest BCUT2D eigenvalue weighted by Crippen LogP contribution is -2.26. The minimum Gasteiger partial charge on any atom is -0.350 e. The average molecular weight is 487 g/mol. The highest BCUT2D eigenvalue weighted by molar-refractivity contribution is 7.90. The molecule has 0 aliphatic carbocycles. The third kappa shape index (κ3) is 5.15. The van der Waals surface area contributed by atoms with Crippen LogP contribution in [0.15, 0.2) is 83.9 Å². The number of para-hydroxylation sites is 1. The van der Waals surface area contributed by atoms with Crippen molar-refractivity contribution in [1.29, 1.82) is 0 Å². The third-order valence-electron chi connectivity index (χ3n) is 5.07. The number of fused-ring (bicyclic) bond motifs is 1. The molecule has 4 rings (SSSR count). The summed E-state index contributed by atoms with van der Waals surface area (Å²) in [5.41, 5.74) is 2.25. The Morgan fingerprint density at radius 3 is 2.09 bits per heavy atom. The number of nitrogens with zero attached hydrogens (tertiary/aromatic N) is 1. The van der Waals surface area contributed by atoms with E-state index in [0.29, 0.717) is 33.1 Å². The van der Waals surface area contributed by atoms with Crippen LogP contribution in [0, 0.1) is 0 Å². The van der Waals surface area contributed by atoms with E-state index in [0.717, 1.165) is 5.56 Å². The maximum Gasteiger partial charge on any atom is 0.240 e. The van der Waals surface area contributed by atoms with Gasteiger partial charge in [-0.1, -0.05) is 65.7 Å². The quantitative estimate of drug-likeness (QED) is 0.388. The smallest absolute Gasteiger partial charge is 0.240 e. The number of sulfone groups is 1. The number of carbonyl (C=O) groups excluding carboxylic acids is 1. The number of aromatic nitrogens is 1. The number of nitrogens with one attached hydrogen (secondary N) is 1. The van der Waals surface area contributed by atoms with E-state index in [-0.39, 0.29) is 23.1 Å². The lowest BCUT2D eigenvalue weighted by molar-refractivity contribution is -0.121. The van der Waals surface area contributed by atoms with Crippen LogP contribution >= 0.6 is 23.2 Å². The Labute approximate surface area is 196 Å². The molecular formula is C24H20Cl2N2O3S. The summed E-state index contributed by atoms with van der Waals surface area (Å²) in [6, 6.07) is 21.1. The second-order valence-corrected chi connectivity index (χ2v) is 10.3. The molecule has 0 aliphatic rings. The first-order valence-electron chi connectivity index (χ1n) is 9.88. The van der Waals surface area contributed by atoms with E-state index in [1.807, 2.05) is 24.3 Å². The summed E-state index contributed by atoms with van der Waals surface area (Å²) in [5.74, 6) is -0.372. The van der Waals surface area contributed by atoms with Gasteiger partial charge in [0.25, 0.3) is 0 Å². The highest BCUT2D eigenvalue weighted by Crippen LogP contribution is 2.28. The number of halogens is 2. The van der Waals surface area contributed by atoms with E-state index in [1.165, 1.54) is 6.20 Å². The minimum absolute atomic E-state index is 0.00453. The van der Waals surface area contributed by atoms with Gasteiger partial charge in [0.15, 0.2) is 9.84 Å². The summed E-state index contributed by atoms with van der Waals surface area (Å²) in [6.45, 7) is 0.363. The van der Waals surface area contributed by atoms with Gasteiger partial charge in [-0.3, -0.25) is 4.79 Å². The van der Waals surface area contributed by atoms with Crippen molar-refractivity contribution in [1.82, 2.24) is 9.88 Å². The maximum absolute atomic E-state index is 13.2. The molecule has 1 aromatic heterocycles. The largest absolute Gasteiger partial charge is 0.350 e. The first-order chi connectivity index (χ1) is 15.3. The van der Waals surface area contributed by atoms with Crippen LogP contribution in [0.5, 0.6) is 0 Å². The lowest BCUT2D eigenvalue weighted by atomic mass is 10.2. The van der Waals surface area contributed by atoms with Crippen LogP contribution in [0.25, 0.3) is 10.9 Å². The van der Waals surface area contributed by atoms with Gasteiger partial charge in [0.05, 0.1) is 10.6 Å². The highest BCUT2D eigenvalue weighted by atomic mass is 35.5. The van der Waals surface area contributed by atoms with Crippen LogP contribution in [0.4, 0.5) is 0 Å². The number of carbonyl (C=O) groups is 1. The molecule has 1 amide bonds. The van der Waals surface area contributed by atoms with Crippen molar-refractivity contribution in [2.45, 2.75) is 23.7 Å². The molecule has 0 radical (unpaired) electrons. The Kier molecular flexibility index (Phi) is 6.55. The predicted octanol–water partition coefficient (Wildman–Crippen LogP) is 5.24. The first kappa shape index (κ1) is 22.4. The Morgan fingerprint density at radius 2 is 1.44 bits per heavy atom. The van der Waals surface area contributed by atoms with Crippen molar-refractivity contribution >= 4 is 49.8 Å². The fourth-order valence-electron chi connectivity index (χ4n) is 3.48. The SMILES string of the molecule is O=C(Cn1cc(S(=O)(=O)Cc2ccc(Cl)cc2)c2ccccc21)NCc1ccc(Cl)cc1. The van der Waals surface area contributed by atoms with Crippen molar-refractivity contribution in [3.8, 4) is 0 Å². The summed E-state index contributed by atoms with van der Waals surface area (Å²) in [4.78, 5) is 12.8. The summed E-state index contributed by atoms with van der Waals surface area (Å²) in [6.07, 6.45) is 1.54. The van der Waals surface area contributed by atoms with Gasteiger partial charge in [-0.05, 0) is 41.5 Å². The van der Waals surface area contributed by atoms with Gasteiger partial charge in [0.1, 0.15) is 6.54 Å². The lowest BCUT2D eigenvalue weighted by Gasteiger charge is -2.07. The van der Waals surface area contributed by atoms with Gasteiger partial charge in [-0.15, -0.1) is 0 Å². The molecule has 0 fully saturated rings. The Balaban J connectivity index is 1.56. The molecule has 0 unspecified atom stereocenters. The van der Waals surface area contributed by atoms with E-state index in [4.69, 9.17) is 23.2 Å². The zero-order valence-corrected chi connectivity index (χ0v) is 19.3. The number of hydrogen-bond donors (Lipinski definition) is 1. The number of rotatable bonds is 7. The molecule has 0 bridgehead atoms. The van der Waals surface area contributed by atoms with Crippen LogP contribution in [0.2, 0.25) is 10.0 Å². The van der Waals surface area contributed by atoms with Crippen LogP contribution in [0.3, 0.4) is 0 Å². The zero-order chi connectivity index (χ0) is 22.7. The molecule has 0 atom stereocenters. The van der Waals surface area contributed by atoms with E-state index >= 15 is 0 Å². The molecule has 164 valence electrons. The summed E-state index contributed by atoms with van der Waals surface area (Å²) in [5, 5.41) is 4.63. The highest BCUT2D eigenvalue weighted by Gasteiger charge is 2.22. The van der Waals surface area contributed by atoms with Crippen molar-refractivity contribution < 1.29 is 13.2 Å². The maximum atomic E-state index is 13.2. The van der Waals surface area contributed by atoms with Gasteiger partial charge in [-0.2, -0.15) is 0 Å². The monoisotopic (exact) mass is 486 g/mol. The van der Waals surface area contributed by atoms with Crippen molar-refractivity contribution in [3.05, 3.63) is 100 Å². The fourth-order valence-corrected chi connectivity index (χ4v) is 5.32. The standard InChI is InChI=1S/C24H20Cl2N2O3S/c25-19-9-5-17(6-10-19)13-27-24(29)15-28-14-23(21-3-1-2-4-22(21)28)32(30,31)16-18-7-11-20(26)12-8-18/h1-12,14H,13,15-16H2,(H,27,29). The molecule has 5 nitrogen and oxygen atoms in total. The van der Waals surface area contributed by atoms with E-state index in [2.05, 4.69) is 5.32 Å². The topological polar surface area (TPSA) is 68.2 Å². The molecular weight excluding hydrogens is 467 g/mol. The van der Waals surface area contributed by atoms with Crippen molar-refractivity contribution in [2.24, 2.45) is 0 Å². The minimum atomic E-state index is -3.64. The summed E-state index contributed by atoms with van der Waals surface area (Å²) >= 11 is 11.8. The molecule has 8 heteroatoms. The van der Waals surface area contributed by atoms with E-state index in [1.54, 1.807) is 53.1 Å². The second-order valence-electron chi connectivity index (χ2n) is 7.43. The molecule has 0 saturated heterocycles. The second kappa shape index (κ2) is 9.36. The van der Waals surface area contributed by atoms with E-state index < -0.39 is 9.84 Å². The number of hydrogen-bond acceptors (Lipinski definition) is 3. The molecule has 0 saturated carbocycles. The van der Waals surface area contributed by atoms with Gasteiger partial charge in [0.2, 0.25) is 5.91 Å². The van der Waals surface area contributed by atoms with Crippen molar-refractivity contribution in [3.63, 3.8) is 0 Å². The van der Waals surface area contributed by atoms with Gasteiger partial charge >= 0.3 is 0 Å². The molecule has 32 heavy (non-hydrogen) atoms. The van der Waals surface area contributed by atoms with Gasteiger partial charge in [-0.25, -0.2) is 8.42 Å². The van der Waals surface area contributed by atoms with Gasteiger partial charge in [0, 0.05) is 33.7 Å². The van der Waals surface area contributed by atoms with Crippen LogP contribution < -0.4 is 5.32 Å². The number of benzene rings is 3. The molecule has 4 aromatic rings. The Hall–Kier alpha value is -2.80. The Morgan fingerprint density at radius 1 is 0.844 bits per heavy atom. The summed E-state index contributed by atoms with van der Waals surface area (Å²) < 4.78 is 28.0. The normalized spacial score (nSPS) is 11.6. The Bertz CT molecular complexity index is 1360. The van der Waals surface area contributed by atoms with Crippen LogP contribution in [0.1, 0.15) is 11.1 Å². The number of amides is 1. The van der Waals surface area contributed by atoms with Crippen molar-refractivity contribution in [2.75, 3.05) is 0 Å². The van der Waals surface area contributed by atoms with Crippen LogP contribution in [-0.2, 0) is 33.5 Å². The molecule has 0 spiro atoms.